The highest BCUT2D eigenvalue weighted by atomic mass is 35.5. The van der Waals surface area contributed by atoms with Gasteiger partial charge in [-0.2, -0.15) is 0 Å². The second-order valence-electron chi connectivity index (χ2n) is 5.80. The van der Waals surface area contributed by atoms with Crippen LogP contribution in [-0.4, -0.2) is 24.5 Å². The third-order valence-corrected chi connectivity index (χ3v) is 5.05. The summed E-state index contributed by atoms with van der Waals surface area (Å²) in [6.07, 6.45) is 3.69. The molecule has 0 fully saturated rings. The maximum atomic E-state index is 12.6. The van der Waals surface area contributed by atoms with E-state index < -0.39 is 10.0 Å². The van der Waals surface area contributed by atoms with Crippen LogP contribution < -0.4 is 16.0 Å². The van der Waals surface area contributed by atoms with Crippen molar-refractivity contribution in [2.24, 2.45) is 5.14 Å². The lowest BCUT2D eigenvalue weighted by atomic mass is 10.1. The molecule has 1 heterocycles. The summed E-state index contributed by atoms with van der Waals surface area (Å²) in [7, 11) is -3.70. The first-order valence-electron chi connectivity index (χ1n) is 8.04. The summed E-state index contributed by atoms with van der Waals surface area (Å²) in [6.45, 7) is 0.455. The minimum Gasteiger partial charge on any atom is -0.365 e. The van der Waals surface area contributed by atoms with Gasteiger partial charge in [-0.25, -0.2) is 18.5 Å². The van der Waals surface area contributed by atoms with Crippen molar-refractivity contribution in [1.82, 2.24) is 9.55 Å². The summed E-state index contributed by atoms with van der Waals surface area (Å²) in [4.78, 5) is 16.7. The van der Waals surface area contributed by atoms with Crippen molar-refractivity contribution >= 4 is 27.4 Å². The number of primary sulfonamides is 1. The molecule has 0 radical (unpaired) electrons. The Labute approximate surface area is 161 Å². The van der Waals surface area contributed by atoms with E-state index in [1.165, 1.54) is 22.9 Å². The average Bonchev–Trinajstić information content (AvgIpc) is 2.63. The van der Waals surface area contributed by atoms with E-state index in [-0.39, 0.29) is 16.3 Å². The molecule has 1 aromatic heterocycles. The normalized spacial score (nSPS) is 11.3. The third-order valence-electron chi connectivity index (χ3n) is 3.89. The first-order chi connectivity index (χ1) is 12.8. The summed E-state index contributed by atoms with van der Waals surface area (Å²) >= 11 is 5.99. The molecule has 9 heteroatoms. The molecule has 0 bridgehead atoms. The lowest BCUT2D eigenvalue weighted by molar-refractivity contribution is 0.598. The molecular weight excluding hydrogens is 388 g/mol. The number of rotatable bonds is 6. The van der Waals surface area contributed by atoms with E-state index in [4.69, 9.17) is 16.7 Å². The molecule has 0 saturated carbocycles. The zero-order valence-corrected chi connectivity index (χ0v) is 15.7. The number of aromatic nitrogens is 2. The fraction of sp³-hybridized carbons (Fsp3) is 0.111. The molecular formula is C18H17ClN4O3S. The van der Waals surface area contributed by atoms with Crippen molar-refractivity contribution in [2.75, 3.05) is 11.9 Å². The van der Waals surface area contributed by atoms with Gasteiger partial charge in [0.25, 0.3) is 5.56 Å². The lowest BCUT2D eigenvalue weighted by Crippen LogP contribution is -2.24. The highest BCUT2D eigenvalue weighted by Gasteiger charge is 2.08. The van der Waals surface area contributed by atoms with Crippen LogP contribution in [0.1, 0.15) is 5.56 Å². The molecule has 0 amide bonds. The summed E-state index contributed by atoms with van der Waals surface area (Å²) in [5.74, 6) is 0.221. The molecule has 0 aliphatic heterocycles. The molecule has 3 N–H and O–H groups in total. The van der Waals surface area contributed by atoms with Crippen molar-refractivity contribution in [1.29, 1.82) is 0 Å². The van der Waals surface area contributed by atoms with E-state index in [1.54, 1.807) is 42.6 Å². The quantitative estimate of drug-likeness (QED) is 0.654. The predicted molar refractivity (Wildman–Crippen MR) is 105 cm³/mol. The number of hydrogen-bond acceptors (Lipinski definition) is 5. The molecule has 0 aliphatic rings. The molecule has 3 aromatic rings. The highest BCUT2D eigenvalue weighted by molar-refractivity contribution is 7.89. The van der Waals surface area contributed by atoms with Gasteiger partial charge in [0.15, 0.2) is 5.82 Å². The van der Waals surface area contributed by atoms with Gasteiger partial charge in [-0.1, -0.05) is 29.8 Å². The van der Waals surface area contributed by atoms with Crippen molar-refractivity contribution in [3.63, 3.8) is 0 Å². The Morgan fingerprint density at radius 2 is 1.89 bits per heavy atom. The van der Waals surface area contributed by atoms with Crippen molar-refractivity contribution in [3.05, 3.63) is 81.9 Å². The molecule has 140 valence electrons. The largest absolute Gasteiger partial charge is 0.365 e. The summed E-state index contributed by atoms with van der Waals surface area (Å²) in [6, 6.07) is 13.3. The zero-order chi connectivity index (χ0) is 19.4. The van der Waals surface area contributed by atoms with E-state index in [1.807, 2.05) is 0 Å². The number of halogens is 1. The van der Waals surface area contributed by atoms with Crippen LogP contribution in [0.3, 0.4) is 0 Å². The minimum atomic E-state index is -3.70. The Morgan fingerprint density at radius 3 is 2.56 bits per heavy atom. The SMILES string of the molecule is NS(=O)(=O)c1ccc(CCNc2nccn(-c3cccc(Cl)c3)c2=O)cc1. The van der Waals surface area contributed by atoms with E-state index in [0.717, 1.165) is 5.56 Å². The number of anilines is 1. The Hall–Kier alpha value is -2.68. The van der Waals surface area contributed by atoms with Gasteiger partial charge in [0.1, 0.15) is 0 Å². The maximum Gasteiger partial charge on any atom is 0.297 e. The first-order valence-corrected chi connectivity index (χ1v) is 9.96. The molecule has 7 nitrogen and oxygen atoms in total. The van der Waals surface area contributed by atoms with Crippen LogP contribution in [-0.2, 0) is 16.4 Å². The maximum absolute atomic E-state index is 12.6. The van der Waals surface area contributed by atoms with Gasteiger partial charge >= 0.3 is 0 Å². The number of hydrogen-bond donors (Lipinski definition) is 2. The Bertz CT molecular complexity index is 1110. The van der Waals surface area contributed by atoms with Gasteiger partial charge in [0, 0.05) is 24.0 Å². The summed E-state index contributed by atoms with van der Waals surface area (Å²) < 4.78 is 24.0. The number of nitrogens with two attached hydrogens (primary N) is 1. The molecule has 2 aromatic carbocycles. The molecule has 0 atom stereocenters. The van der Waals surface area contributed by atoms with Crippen molar-refractivity contribution in [2.45, 2.75) is 11.3 Å². The molecule has 0 saturated heterocycles. The van der Waals surface area contributed by atoms with E-state index in [0.29, 0.717) is 23.7 Å². The predicted octanol–water partition coefficient (Wildman–Crippen LogP) is 2.19. The van der Waals surface area contributed by atoms with Gasteiger partial charge in [-0.15, -0.1) is 0 Å². The van der Waals surface area contributed by atoms with Crippen LogP contribution in [0.15, 0.2) is 70.6 Å². The fourth-order valence-electron chi connectivity index (χ4n) is 2.53. The number of nitrogens with one attached hydrogen (secondary N) is 1. The van der Waals surface area contributed by atoms with E-state index in [2.05, 4.69) is 10.3 Å². The van der Waals surface area contributed by atoms with Gasteiger partial charge < -0.3 is 5.32 Å². The summed E-state index contributed by atoms with van der Waals surface area (Å²) in [5.41, 5.74) is 1.27. The highest BCUT2D eigenvalue weighted by Crippen LogP contribution is 2.13. The van der Waals surface area contributed by atoms with Crippen LogP contribution >= 0.6 is 11.6 Å². The number of nitrogens with zero attached hydrogens (tertiary/aromatic N) is 2. The number of sulfonamides is 1. The lowest BCUT2D eigenvalue weighted by Gasteiger charge is -2.09. The van der Waals surface area contributed by atoms with Gasteiger partial charge in [0.05, 0.1) is 10.6 Å². The molecule has 0 spiro atoms. The zero-order valence-electron chi connectivity index (χ0n) is 14.2. The molecule has 0 aliphatic carbocycles. The molecule has 27 heavy (non-hydrogen) atoms. The minimum absolute atomic E-state index is 0.0633. The van der Waals surface area contributed by atoms with Crippen LogP contribution in [0.4, 0.5) is 5.82 Å². The standard InChI is InChI=1S/C18H17ClN4O3S/c19-14-2-1-3-15(12-14)23-11-10-22-17(18(23)24)21-9-8-13-4-6-16(7-5-13)27(20,25)26/h1-7,10-12H,8-9H2,(H,21,22)(H2,20,25,26). The smallest absolute Gasteiger partial charge is 0.297 e. The first kappa shape index (κ1) is 19.1. The second kappa shape index (κ2) is 7.91. The van der Waals surface area contributed by atoms with Gasteiger partial charge in [-0.3, -0.25) is 9.36 Å². The van der Waals surface area contributed by atoms with E-state index in [9.17, 15) is 13.2 Å². The Kier molecular flexibility index (Phi) is 5.59. The van der Waals surface area contributed by atoms with Gasteiger partial charge in [0.2, 0.25) is 10.0 Å². The fourth-order valence-corrected chi connectivity index (χ4v) is 3.23. The summed E-state index contributed by atoms with van der Waals surface area (Å²) in [5, 5.41) is 8.62. The molecule has 3 rings (SSSR count). The Morgan fingerprint density at radius 1 is 1.15 bits per heavy atom. The Balaban J connectivity index is 1.70. The average molecular weight is 405 g/mol. The van der Waals surface area contributed by atoms with Crippen LogP contribution in [0.25, 0.3) is 5.69 Å². The monoisotopic (exact) mass is 404 g/mol. The second-order valence-corrected chi connectivity index (χ2v) is 7.79. The van der Waals surface area contributed by atoms with Crippen molar-refractivity contribution < 1.29 is 8.42 Å². The van der Waals surface area contributed by atoms with Crippen LogP contribution in [0.2, 0.25) is 5.02 Å². The number of benzene rings is 2. The van der Waals surface area contributed by atoms with Gasteiger partial charge in [-0.05, 0) is 42.3 Å². The van der Waals surface area contributed by atoms with Crippen LogP contribution in [0.5, 0.6) is 0 Å². The topological polar surface area (TPSA) is 107 Å². The van der Waals surface area contributed by atoms with Crippen molar-refractivity contribution in [3.8, 4) is 5.69 Å². The van der Waals surface area contributed by atoms with Crippen LogP contribution in [0, 0.1) is 0 Å². The van der Waals surface area contributed by atoms with E-state index >= 15 is 0 Å². The third kappa shape index (κ3) is 4.73. The molecule has 0 unspecified atom stereocenters.